The summed E-state index contributed by atoms with van der Waals surface area (Å²) < 4.78 is 12.8. The first-order valence-corrected chi connectivity index (χ1v) is 4.58. The van der Waals surface area contributed by atoms with E-state index in [-0.39, 0.29) is 0 Å². The molecule has 0 saturated carbocycles. The van der Waals surface area contributed by atoms with Gasteiger partial charge in [0.15, 0.2) is 0 Å². The molecule has 14 heavy (non-hydrogen) atoms. The summed E-state index contributed by atoms with van der Waals surface area (Å²) in [6.07, 6.45) is 3.16. The SMILES string of the molecule is C=C(CC)CC(O)c1cncc(F)c1. The lowest BCUT2D eigenvalue weighted by atomic mass is 10.0. The normalized spacial score (nSPS) is 12.5. The molecule has 76 valence electrons. The molecule has 0 saturated heterocycles. The van der Waals surface area contributed by atoms with Crippen molar-refractivity contribution in [2.75, 3.05) is 0 Å². The van der Waals surface area contributed by atoms with Gasteiger partial charge in [0, 0.05) is 11.8 Å². The van der Waals surface area contributed by atoms with Crippen LogP contribution in [0.15, 0.2) is 30.6 Å². The van der Waals surface area contributed by atoms with E-state index in [0.717, 1.165) is 18.2 Å². The molecule has 1 rings (SSSR count). The lowest BCUT2D eigenvalue weighted by Gasteiger charge is -2.11. The second kappa shape index (κ2) is 4.86. The van der Waals surface area contributed by atoms with Crippen LogP contribution in [0.2, 0.25) is 0 Å². The molecule has 0 bridgehead atoms. The molecule has 3 heteroatoms. The predicted molar refractivity (Wildman–Crippen MR) is 53.2 cm³/mol. The van der Waals surface area contributed by atoms with Gasteiger partial charge in [-0.1, -0.05) is 19.1 Å². The Kier molecular flexibility index (Phi) is 3.77. The maximum absolute atomic E-state index is 12.8. The molecule has 1 unspecified atom stereocenters. The third-order valence-electron chi connectivity index (χ3n) is 2.09. The topological polar surface area (TPSA) is 33.1 Å². The number of rotatable bonds is 4. The summed E-state index contributed by atoms with van der Waals surface area (Å²) in [5.74, 6) is -0.427. The molecule has 2 nitrogen and oxygen atoms in total. The van der Waals surface area contributed by atoms with Crippen LogP contribution in [0.5, 0.6) is 0 Å². The average molecular weight is 195 g/mol. The fourth-order valence-electron chi connectivity index (χ4n) is 1.15. The van der Waals surface area contributed by atoms with Crippen molar-refractivity contribution in [2.24, 2.45) is 0 Å². The molecule has 1 aromatic rings. The minimum atomic E-state index is -0.703. The largest absolute Gasteiger partial charge is 0.388 e. The van der Waals surface area contributed by atoms with Gasteiger partial charge in [-0.3, -0.25) is 4.98 Å². The lowest BCUT2D eigenvalue weighted by Crippen LogP contribution is -2.00. The maximum Gasteiger partial charge on any atom is 0.141 e. The highest BCUT2D eigenvalue weighted by Crippen LogP contribution is 2.21. The second-order valence-corrected chi connectivity index (χ2v) is 3.26. The summed E-state index contributed by atoms with van der Waals surface area (Å²) >= 11 is 0. The molecule has 1 heterocycles. The van der Waals surface area contributed by atoms with Crippen LogP contribution in [0.4, 0.5) is 4.39 Å². The molecule has 0 aromatic carbocycles. The van der Waals surface area contributed by atoms with Gasteiger partial charge in [0.1, 0.15) is 5.82 Å². The van der Waals surface area contributed by atoms with E-state index in [1.807, 2.05) is 6.92 Å². The standard InChI is InChI=1S/C11H14FNO/c1-3-8(2)4-11(14)9-5-10(12)7-13-6-9/h5-7,11,14H,2-4H2,1H3. The smallest absolute Gasteiger partial charge is 0.141 e. The van der Waals surface area contributed by atoms with Crippen LogP contribution < -0.4 is 0 Å². The molecule has 0 radical (unpaired) electrons. The summed E-state index contributed by atoms with van der Waals surface area (Å²) in [7, 11) is 0. The Morgan fingerprint density at radius 2 is 2.36 bits per heavy atom. The Labute approximate surface area is 83.1 Å². The van der Waals surface area contributed by atoms with Crippen molar-refractivity contribution in [3.63, 3.8) is 0 Å². The van der Waals surface area contributed by atoms with E-state index in [9.17, 15) is 9.50 Å². The highest BCUT2D eigenvalue weighted by Gasteiger charge is 2.09. The predicted octanol–water partition coefficient (Wildman–Crippen LogP) is 2.61. The molecule has 0 spiro atoms. The van der Waals surface area contributed by atoms with Gasteiger partial charge in [-0.25, -0.2) is 4.39 Å². The average Bonchev–Trinajstić information content (AvgIpc) is 2.17. The third kappa shape index (κ3) is 2.92. The molecule has 1 atom stereocenters. The molecule has 0 aliphatic carbocycles. The zero-order chi connectivity index (χ0) is 10.6. The summed E-state index contributed by atoms with van der Waals surface area (Å²) in [5, 5.41) is 9.68. The fourth-order valence-corrected chi connectivity index (χ4v) is 1.15. The van der Waals surface area contributed by atoms with E-state index >= 15 is 0 Å². The van der Waals surface area contributed by atoms with E-state index in [1.165, 1.54) is 12.3 Å². The van der Waals surface area contributed by atoms with Gasteiger partial charge in [-0.05, 0) is 18.9 Å². The van der Waals surface area contributed by atoms with Crippen molar-refractivity contribution in [3.05, 3.63) is 42.0 Å². The minimum Gasteiger partial charge on any atom is -0.388 e. The van der Waals surface area contributed by atoms with Gasteiger partial charge in [0.05, 0.1) is 12.3 Å². The van der Waals surface area contributed by atoms with Gasteiger partial charge in [-0.15, -0.1) is 0 Å². The summed E-state index contributed by atoms with van der Waals surface area (Å²) in [5.41, 5.74) is 1.45. The first kappa shape index (κ1) is 10.9. The van der Waals surface area contributed by atoms with Crippen molar-refractivity contribution in [1.82, 2.24) is 4.98 Å². The Bertz CT molecular complexity index is 325. The van der Waals surface area contributed by atoms with Crippen molar-refractivity contribution >= 4 is 0 Å². The van der Waals surface area contributed by atoms with Crippen LogP contribution in [0.1, 0.15) is 31.4 Å². The number of nitrogens with zero attached hydrogens (tertiary/aromatic N) is 1. The van der Waals surface area contributed by atoms with Gasteiger partial charge in [0.25, 0.3) is 0 Å². The van der Waals surface area contributed by atoms with Crippen LogP contribution in [0.25, 0.3) is 0 Å². The number of pyridine rings is 1. The van der Waals surface area contributed by atoms with E-state index < -0.39 is 11.9 Å². The molecule has 0 fully saturated rings. The molecule has 1 N–H and O–H groups in total. The van der Waals surface area contributed by atoms with Crippen molar-refractivity contribution in [3.8, 4) is 0 Å². The van der Waals surface area contributed by atoms with Gasteiger partial charge in [0.2, 0.25) is 0 Å². The van der Waals surface area contributed by atoms with Crippen LogP contribution in [-0.2, 0) is 0 Å². The van der Waals surface area contributed by atoms with Gasteiger partial charge >= 0.3 is 0 Å². The number of aliphatic hydroxyl groups excluding tert-OH is 1. The number of aliphatic hydroxyl groups is 1. The Balaban J connectivity index is 2.69. The quantitative estimate of drug-likeness (QED) is 0.749. The number of hydrogen-bond donors (Lipinski definition) is 1. The van der Waals surface area contributed by atoms with Gasteiger partial charge in [-0.2, -0.15) is 0 Å². The van der Waals surface area contributed by atoms with Crippen LogP contribution in [0.3, 0.4) is 0 Å². The number of hydrogen-bond acceptors (Lipinski definition) is 2. The van der Waals surface area contributed by atoms with E-state index in [1.54, 1.807) is 0 Å². The summed E-state index contributed by atoms with van der Waals surface area (Å²) in [4.78, 5) is 3.67. The number of aromatic nitrogens is 1. The lowest BCUT2D eigenvalue weighted by molar-refractivity contribution is 0.176. The highest BCUT2D eigenvalue weighted by atomic mass is 19.1. The van der Waals surface area contributed by atoms with E-state index in [2.05, 4.69) is 11.6 Å². The summed E-state index contributed by atoms with van der Waals surface area (Å²) in [6.45, 7) is 5.76. The van der Waals surface area contributed by atoms with Crippen LogP contribution in [0, 0.1) is 5.82 Å². The van der Waals surface area contributed by atoms with Gasteiger partial charge < -0.3 is 5.11 Å². The van der Waals surface area contributed by atoms with Crippen LogP contribution >= 0.6 is 0 Å². The molecule has 0 aliphatic rings. The maximum atomic E-state index is 12.8. The molecular formula is C11H14FNO. The Hall–Kier alpha value is -1.22. The zero-order valence-electron chi connectivity index (χ0n) is 8.20. The van der Waals surface area contributed by atoms with E-state index in [4.69, 9.17) is 0 Å². The monoisotopic (exact) mass is 195 g/mol. The highest BCUT2D eigenvalue weighted by molar-refractivity contribution is 5.15. The Morgan fingerprint density at radius 3 is 2.93 bits per heavy atom. The minimum absolute atomic E-state index is 0.427. The van der Waals surface area contributed by atoms with Crippen LogP contribution in [-0.4, -0.2) is 10.1 Å². The first-order valence-electron chi connectivity index (χ1n) is 4.58. The van der Waals surface area contributed by atoms with Crippen molar-refractivity contribution in [2.45, 2.75) is 25.9 Å². The van der Waals surface area contributed by atoms with E-state index in [0.29, 0.717) is 12.0 Å². The molecule has 1 aromatic heterocycles. The molecule has 0 aliphatic heterocycles. The zero-order valence-corrected chi connectivity index (χ0v) is 8.20. The summed E-state index contributed by atoms with van der Waals surface area (Å²) in [6, 6.07) is 1.29. The second-order valence-electron chi connectivity index (χ2n) is 3.26. The third-order valence-corrected chi connectivity index (χ3v) is 2.09. The first-order chi connectivity index (χ1) is 6.63. The fraction of sp³-hybridized carbons (Fsp3) is 0.364. The number of halogens is 1. The Morgan fingerprint density at radius 1 is 1.64 bits per heavy atom. The molecule has 0 amide bonds. The molecular weight excluding hydrogens is 181 g/mol. The van der Waals surface area contributed by atoms with Crippen molar-refractivity contribution in [1.29, 1.82) is 0 Å². The van der Waals surface area contributed by atoms with Crippen molar-refractivity contribution < 1.29 is 9.50 Å².